The van der Waals surface area contributed by atoms with Gasteiger partial charge < -0.3 is 10.2 Å². The van der Waals surface area contributed by atoms with Crippen LogP contribution in [0.4, 0.5) is 5.00 Å². The molecule has 2 aromatic heterocycles. The van der Waals surface area contributed by atoms with Crippen molar-refractivity contribution in [2.75, 3.05) is 11.9 Å². The monoisotopic (exact) mass is 453 g/mol. The number of carbonyl (C=O) groups excluding carboxylic acids is 2. The lowest BCUT2D eigenvalue weighted by Crippen LogP contribution is -2.33. The van der Waals surface area contributed by atoms with Gasteiger partial charge in [-0.2, -0.15) is 0 Å². The predicted octanol–water partition coefficient (Wildman–Crippen LogP) is 5.84. The highest BCUT2D eigenvalue weighted by Gasteiger charge is 2.29. The summed E-state index contributed by atoms with van der Waals surface area (Å²) in [6.07, 6.45) is 7.49. The van der Waals surface area contributed by atoms with Crippen molar-refractivity contribution in [3.63, 3.8) is 0 Å². The fraction of sp³-hybridized carbons (Fsp3) is 0.458. The van der Waals surface area contributed by atoms with Crippen LogP contribution in [-0.4, -0.2) is 28.2 Å². The van der Waals surface area contributed by atoms with E-state index >= 15 is 0 Å². The Labute approximate surface area is 190 Å². The minimum atomic E-state index is 0.100. The van der Waals surface area contributed by atoms with Crippen LogP contribution in [0.3, 0.4) is 0 Å². The van der Waals surface area contributed by atoms with E-state index in [1.807, 2.05) is 23.1 Å². The third kappa shape index (κ3) is 4.26. The lowest BCUT2D eigenvalue weighted by atomic mass is 9.87. The Balaban J connectivity index is 1.48. The van der Waals surface area contributed by atoms with E-state index in [1.165, 1.54) is 29.7 Å². The lowest BCUT2D eigenvalue weighted by Gasteiger charge is -2.26. The van der Waals surface area contributed by atoms with Crippen molar-refractivity contribution in [2.24, 2.45) is 5.92 Å². The fourth-order valence-electron chi connectivity index (χ4n) is 4.80. The first-order valence-corrected chi connectivity index (χ1v) is 12.8. The van der Waals surface area contributed by atoms with Crippen LogP contribution in [0.1, 0.15) is 55.9 Å². The number of hydrogen-bond donors (Lipinski definition) is 1. The summed E-state index contributed by atoms with van der Waals surface area (Å²) in [4.78, 5) is 32.8. The zero-order chi connectivity index (χ0) is 21.4. The van der Waals surface area contributed by atoms with Crippen LogP contribution in [0, 0.1) is 5.92 Å². The number of amides is 2. The second-order valence-electron chi connectivity index (χ2n) is 8.64. The van der Waals surface area contributed by atoms with Gasteiger partial charge in [-0.3, -0.25) is 9.59 Å². The Kier molecular flexibility index (Phi) is 5.80. The van der Waals surface area contributed by atoms with Crippen molar-refractivity contribution in [1.29, 1.82) is 0 Å². The molecule has 0 radical (unpaired) electrons. The molecule has 0 unspecified atom stereocenters. The minimum absolute atomic E-state index is 0.100. The average molecular weight is 454 g/mol. The predicted molar refractivity (Wildman–Crippen MR) is 128 cm³/mol. The molecular weight excluding hydrogens is 426 g/mol. The van der Waals surface area contributed by atoms with Crippen LogP contribution in [0.15, 0.2) is 24.3 Å². The molecule has 1 aliphatic carbocycles. The number of aromatic nitrogens is 1. The third-order valence-corrected chi connectivity index (χ3v) is 8.65. The molecule has 2 aliphatic rings. The highest BCUT2D eigenvalue weighted by atomic mass is 32.1. The van der Waals surface area contributed by atoms with E-state index in [0.29, 0.717) is 25.4 Å². The maximum Gasteiger partial charge on any atom is 0.225 e. The van der Waals surface area contributed by atoms with Gasteiger partial charge in [-0.25, -0.2) is 4.98 Å². The number of fused-ring (bicyclic) bond motifs is 2. The first kappa shape index (κ1) is 20.6. The van der Waals surface area contributed by atoms with Crippen LogP contribution >= 0.6 is 22.7 Å². The van der Waals surface area contributed by atoms with Crippen LogP contribution < -0.4 is 5.32 Å². The smallest absolute Gasteiger partial charge is 0.225 e. The zero-order valence-corrected chi connectivity index (χ0v) is 19.4. The van der Waals surface area contributed by atoms with Crippen LogP contribution in [0.2, 0.25) is 0 Å². The molecule has 1 aliphatic heterocycles. The number of benzene rings is 1. The average Bonchev–Trinajstić information content (AvgIpc) is 3.34. The maximum atomic E-state index is 12.9. The molecule has 3 heterocycles. The molecule has 0 spiro atoms. The number of carbonyl (C=O) groups is 2. The number of hydrogen-bond acceptors (Lipinski definition) is 5. The summed E-state index contributed by atoms with van der Waals surface area (Å²) in [6.45, 7) is 2.96. The van der Waals surface area contributed by atoms with Crippen LogP contribution in [0.25, 0.3) is 20.8 Å². The van der Waals surface area contributed by atoms with Gasteiger partial charge in [0.05, 0.1) is 16.8 Å². The Morgan fingerprint density at radius 2 is 1.97 bits per heavy atom. The molecule has 1 aromatic carbocycles. The number of rotatable bonds is 4. The molecular formula is C24H27N3O2S2. The van der Waals surface area contributed by atoms with Crippen molar-refractivity contribution in [3.05, 3.63) is 34.7 Å². The van der Waals surface area contributed by atoms with E-state index < -0.39 is 0 Å². The van der Waals surface area contributed by atoms with Gasteiger partial charge >= 0.3 is 0 Å². The van der Waals surface area contributed by atoms with Gasteiger partial charge in [0, 0.05) is 30.3 Å². The second-order valence-corrected chi connectivity index (χ2v) is 10.8. The fourth-order valence-corrected chi connectivity index (χ4v) is 7.19. The Hall–Kier alpha value is -2.25. The normalized spacial score (nSPS) is 17.0. The van der Waals surface area contributed by atoms with Crippen molar-refractivity contribution in [2.45, 2.75) is 58.4 Å². The summed E-state index contributed by atoms with van der Waals surface area (Å²) < 4.78 is 1.15. The summed E-state index contributed by atoms with van der Waals surface area (Å²) in [5.41, 5.74) is 3.30. The Morgan fingerprint density at radius 3 is 2.74 bits per heavy atom. The largest absolute Gasteiger partial charge is 0.337 e. The molecule has 162 valence electrons. The number of nitrogens with zero attached hydrogens (tertiary/aromatic N) is 2. The zero-order valence-electron chi connectivity index (χ0n) is 17.8. The number of thiazole rings is 1. The first-order chi connectivity index (χ1) is 15.1. The highest BCUT2D eigenvalue weighted by Crippen LogP contribution is 2.45. The molecule has 1 fully saturated rings. The molecule has 31 heavy (non-hydrogen) atoms. The number of para-hydroxylation sites is 1. The van der Waals surface area contributed by atoms with Gasteiger partial charge in [0.1, 0.15) is 10.0 Å². The molecule has 0 saturated heterocycles. The van der Waals surface area contributed by atoms with Crippen LogP contribution in [0.5, 0.6) is 0 Å². The quantitative estimate of drug-likeness (QED) is 0.540. The number of anilines is 1. The second kappa shape index (κ2) is 8.71. The molecule has 5 nitrogen and oxygen atoms in total. The third-order valence-electron chi connectivity index (χ3n) is 6.46. The van der Waals surface area contributed by atoms with Gasteiger partial charge in [-0.05, 0) is 42.9 Å². The molecule has 1 N–H and O–H groups in total. The summed E-state index contributed by atoms with van der Waals surface area (Å²) in [5, 5.41) is 5.10. The van der Waals surface area contributed by atoms with E-state index in [9.17, 15) is 9.59 Å². The van der Waals surface area contributed by atoms with E-state index in [1.54, 1.807) is 29.6 Å². The van der Waals surface area contributed by atoms with Crippen molar-refractivity contribution < 1.29 is 9.59 Å². The van der Waals surface area contributed by atoms with Gasteiger partial charge in [-0.15, -0.1) is 22.7 Å². The molecule has 7 heteroatoms. The molecule has 0 atom stereocenters. The summed E-state index contributed by atoms with van der Waals surface area (Å²) in [7, 11) is 0. The van der Waals surface area contributed by atoms with Gasteiger partial charge in [-0.1, -0.05) is 31.4 Å². The topological polar surface area (TPSA) is 62.3 Å². The van der Waals surface area contributed by atoms with Crippen molar-refractivity contribution in [1.82, 2.24) is 9.88 Å². The number of nitrogens with one attached hydrogen (secondary N) is 1. The van der Waals surface area contributed by atoms with Gasteiger partial charge in [0.2, 0.25) is 11.8 Å². The van der Waals surface area contributed by atoms with Crippen molar-refractivity contribution in [3.8, 4) is 10.6 Å². The molecule has 3 aromatic rings. The van der Waals surface area contributed by atoms with E-state index in [2.05, 4.69) is 11.4 Å². The Bertz CT molecular complexity index is 1090. The standard InChI is InChI=1S/C24H27N3O2S2/c1-15(28)27-12-11-17-20(14-27)31-24(26-21(29)13-16-7-3-2-4-8-16)22(17)23-25-18-9-5-6-10-19(18)30-23/h5-6,9-10,16H,2-4,7-8,11-14H2,1H3,(H,26,29). The molecule has 5 rings (SSSR count). The molecule has 2 amide bonds. The Morgan fingerprint density at radius 1 is 1.16 bits per heavy atom. The number of thiophene rings is 1. The van der Waals surface area contributed by atoms with Gasteiger partial charge in [0.15, 0.2) is 0 Å². The summed E-state index contributed by atoms with van der Waals surface area (Å²) >= 11 is 3.29. The van der Waals surface area contributed by atoms with E-state index in [4.69, 9.17) is 4.98 Å². The summed E-state index contributed by atoms with van der Waals surface area (Å²) in [5.74, 6) is 0.710. The first-order valence-electron chi connectivity index (χ1n) is 11.1. The summed E-state index contributed by atoms with van der Waals surface area (Å²) in [6, 6.07) is 8.17. The molecule has 0 bridgehead atoms. The maximum absolute atomic E-state index is 12.9. The SMILES string of the molecule is CC(=O)N1CCc2c(sc(NC(=O)CC3CCCCC3)c2-c2nc3ccccc3s2)C1. The van der Waals surface area contributed by atoms with Crippen LogP contribution in [-0.2, 0) is 22.6 Å². The van der Waals surface area contributed by atoms with E-state index in [-0.39, 0.29) is 11.8 Å². The van der Waals surface area contributed by atoms with E-state index in [0.717, 1.165) is 45.1 Å². The lowest BCUT2D eigenvalue weighted by molar-refractivity contribution is -0.129. The minimum Gasteiger partial charge on any atom is -0.337 e. The van der Waals surface area contributed by atoms with Crippen molar-refractivity contribution >= 4 is 49.7 Å². The molecule has 1 saturated carbocycles. The highest BCUT2D eigenvalue weighted by molar-refractivity contribution is 7.22. The van der Waals surface area contributed by atoms with Gasteiger partial charge in [0.25, 0.3) is 0 Å².